The highest BCUT2D eigenvalue weighted by Gasteiger charge is 2.17. The van der Waals surface area contributed by atoms with Crippen molar-refractivity contribution in [2.45, 2.75) is 6.92 Å². The average Bonchev–Trinajstić information content (AvgIpc) is 3.09. The van der Waals surface area contributed by atoms with Crippen molar-refractivity contribution < 1.29 is 9.18 Å². The molecule has 3 aromatic rings. The lowest BCUT2D eigenvalue weighted by molar-refractivity contribution is 0.102. The predicted octanol–water partition coefficient (Wildman–Crippen LogP) is 2.42. The lowest BCUT2D eigenvalue weighted by atomic mass is 10.2. The van der Waals surface area contributed by atoms with Gasteiger partial charge in [0.15, 0.2) is 0 Å². The SMILES string of the molecule is Cc1c(C(=O)Nc2nncs2)cnn1-c1ccccc1F. The van der Waals surface area contributed by atoms with Gasteiger partial charge in [0.2, 0.25) is 5.13 Å². The van der Waals surface area contributed by atoms with Gasteiger partial charge in [-0.1, -0.05) is 23.5 Å². The molecule has 0 fully saturated rings. The van der Waals surface area contributed by atoms with Crippen LogP contribution in [0.4, 0.5) is 9.52 Å². The predicted molar refractivity (Wildman–Crippen MR) is 76.1 cm³/mol. The van der Waals surface area contributed by atoms with Gasteiger partial charge in [0.05, 0.1) is 17.5 Å². The lowest BCUT2D eigenvalue weighted by Gasteiger charge is -2.06. The van der Waals surface area contributed by atoms with E-state index in [-0.39, 0.29) is 5.91 Å². The molecule has 0 atom stereocenters. The minimum atomic E-state index is -0.403. The molecule has 0 saturated heterocycles. The van der Waals surface area contributed by atoms with Crippen LogP contribution in [0.2, 0.25) is 0 Å². The number of amides is 1. The number of carbonyl (C=O) groups is 1. The summed E-state index contributed by atoms with van der Waals surface area (Å²) in [6, 6.07) is 6.25. The zero-order chi connectivity index (χ0) is 14.8. The van der Waals surface area contributed by atoms with E-state index in [1.807, 2.05) is 0 Å². The minimum Gasteiger partial charge on any atom is -0.296 e. The fourth-order valence-electron chi connectivity index (χ4n) is 1.89. The number of aromatic nitrogens is 4. The largest absolute Gasteiger partial charge is 0.296 e. The van der Waals surface area contributed by atoms with E-state index in [9.17, 15) is 9.18 Å². The highest BCUT2D eigenvalue weighted by Crippen LogP contribution is 2.18. The molecule has 0 saturated carbocycles. The Balaban J connectivity index is 1.93. The quantitative estimate of drug-likeness (QED) is 0.806. The summed E-state index contributed by atoms with van der Waals surface area (Å²) < 4.78 is 15.2. The summed E-state index contributed by atoms with van der Waals surface area (Å²) >= 11 is 1.22. The van der Waals surface area contributed by atoms with Gasteiger partial charge >= 0.3 is 0 Å². The Kier molecular flexibility index (Phi) is 3.44. The third-order valence-corrected chi connectivity index (χ3v) is 3.52. The Bertz CT molecular complexity index is 784. The minimum absolute atomic E-state index is 0.296. The molecule has 0 aliphatic carbocycles. The molecule has 1 aromatic carbocycles. The normalized spacial score (nSPS) is 10.6. The fourth-order valence-corrected chi connectivity index (χ4v) is 2.33. The van der Waals surface area contributed by atoms with E-state index in [1.165, 1.54) is 33.8 Å². The molecule has 0 bridgehead atoms. The number of hydrogen-bond donors (Lipinski definition) is 1. The number of nitrogens with one attached hydrogen (secondary N) is 1. The summed E-state index contributed by atoms with van der Waals surface area (Å²) in [6.07, 6.45) is 1.40. The highest BCUT2D eigenvalue weighted by atomic mass is 32.1. The second-order valence-corrected chi connectivity index (χ2v) is 5.04. The van der Waals surface area contributed by atoms with E-state index in [1.54, 1.807) is 25.1 Å². The highest BCUT2D eigenvalue weighted by molar-refractivity contribution is 7.13. The van der Waals surface area contributed by atoms with E-state index in [0.29, 0.717) is 22.1 Å². The first-order valence-electron chi connectivity index (χ1n) is 6.04. The third kappa shape index (κ3) is 2.52. The molecule has 2 aromatic heterocycles. The van der Waals surface area contributed by atoms with E-state index in [4.69, 9.17) is 0 Å². The van der Waals surface area contributed by atoms with Crippen molar-refractivity contribution in [2.24, 2.45) is 0 Å². The van der Waals surface area contributed by atoms with Crippen LogP contribution in [-0.4, -0.2) is 25.9 Å². The van der Waals surface area contributed by atoms with Crippen LogP contribution in [0.1, 0.15) is 16.1 Å². The Morgan fingerprint density at radius 3 is 2.90 bits per heavy atom. The van der Waals surface area contributed by atoms with Gasteiger partial charge in [-0.3, -0.25) is 10.1 Å². The number of nitrogens with zero attached hydrogens (tertiary/aromatic N) is 4. The fraction of sp³-hybridized carbons (Fsp3) is 0.0769. The van der Waals surface area contributed by atoms with Gasteiger partial charge in [-0.2, -0.15) is 5.10 Å². The van der Waals surface area contributed by atoms with Gasteiger partial charge in [-0.05, 0) is 19.1 Å². The molecule has 3 rings (SSSR count). The van der Waals surface area contributed by atoms with E-state index in [2.05, 4.69) is 20.6 Å². The molecular formula is C13H10FN5OS. The van der Waals surface area contributed by atoms with Crippen LogP contribution >= 0.6 is 11.3 Å². The standard InChI is InChI=1S/C13H10FN5OS/c1-8-9(12(20)17-13-18-15-7-21-13)6-16-19(8)11-5-3-2-4-10(11)14/h2-7H,1H3,(H,17,18,20). The van der Waals surface area contributed by atoms with E-state index in [0.717, 1.165) is 0 Å². The molecular weight excluding hydrogens is 293 g/mol. The Morgan fingerprint density at radius 1 is 1.38 bits per heavy atom. The first kappa shape index (κ1) is 13.4. The molecule has 21 heavy (non-hydrogen) atoms. The summed E-state index contributed by atoms with van der Waals surface area (Å²) in [5.74, 6) is -0.758. The van der Waals surface area contributed by atoms with Crippen molar-refractivity contribution in [1.82, 2.24) is 20.0 Å². The molecule has 106 valence electrons. The summed E-state index contributed by atoms with van der Waals surface area (Å²) in [5.41, 5.74) is 2.71. The summed E-state index contributed by atoms with van der Waals surface area (Å²) in [5, 5.41) is 14.5. The van der Waals surface area contributed by atoms with Gasteiger partial charge < -0.3 is 0 Å². The van der Waals surface area contributed by atoms with Crippen LogP contribution in [0.15, 0.2) is 36.0 Å². The zero-order valence-electron chi connectivity index (χ0n) is 10.9. The number of carbonyl (C=O) groups excluding carboxylic acids is 1. The average molecular weight is 303 g/mol. The maximum Gasteiger partial charge on any atom is 0.260 e. The number of anilines is 1. The van der Waals surface area contributed by atoms with Gasteiger partial charge in [0, 0.05) is 0 Å². The van der Waals surface area contributed by atoms with Gasteiger partial charge in [-0.15, -0.1) is 10.2 Å². The van der Waals surface area contributed by atoms with E-state index >= 15 is 0 Å². The molecule has 8 heteroatoms. The summed E-state index contributed by atoms with van der Waals surface area (Å²) in [4.78, 5) is 12.1. The molecule has 0 aliphatic rings. The molecule has 0 radical (unpaired) electrons. The number of para-hydroxylation sites is 1. The van der Waals surface area contributed by atoms with Gasteiger partial charge in [-0.25, -0.2) is 9.07 Å². The molecule has 0 aliphatic heterocycles. The van der Waals surface area contributed by atoms with Crippen molar-refractivity contribution >= 4 is 22.4 Å². The molecule has 6 nitrogen and oxygen atoms in total. The maximum absolute atomic E-state index is 13.8. The Morgan fingerprint density at radius 2 is 2.19 bits per heavy atom. The molecule has 2 heterocycles. The maximum atomic E-state index is 13.8. The van der Waals surface area contributed by atoms with Gasteiger partial charge in [0.25, 0.3) is 5.91 Å². The molecule has 0 unspecified atom stereocenters. The number of benzene rings is 1. The van der Waals surface area contributed by atoms with Crippen LogP contribution in [0.25, 0.3) is 5.69 Å². The van der Waals surface area contributed by atoms with Gasteiger partial charge in [0.1, 0.15) is 17.0 Å². The zero-order valence-corrected chi connectivity index (χ0v) is 11.8. The van der Waals surface area contributed by atoms with Crippen LogP contribution in [0, 0.1) is 12.7 Å². The van der Waals surface area contributed by atoms with Crippen molar-refractivity contribution in [3.8, 4) is 5.69 Å². The first-order valence-corrected chi connectivity index (χ1v) is 6.92. The number of rotatable bonds is 3. The summed E-state index contributed by atoms with van der Waals surface area (Å²) in [7, 11) is 0. The van der Waals surface area contributed by atoms with Crippen molar-refractivity contribution in [1.29, 1.82) is 0 Å². The van der Waals surface area contributed by atoms with Crippen LogP contribution in [0.5, 0.6) is 0 Å². The Hall–Kier alpha value is -2.61. The number of halogens is 1. The smallest absolute Gasteiger partial charge is 0.260 e. The van der Waals surface area contributed by atoms with Crippen LogP contribution < -0.4 is 5.32 Å². The Labute approximate surface area is 123 Å². The molecule has 1 amide bonds. The van der Waals surface area contributed by atoms with Crippen LogP contribution in [0.3, 0.4) is 0 Å². The molecule has 0 spiro atoms. The van der Waals surface area contributed by atoms with Crippen LogP contribution in [-0.2, 0) is 0 Å². The van der Waals surface area contributed by atoms with Crippen molar-refractivity contribution in [2.75, 3.05) is 5.32 Å². The van der Waals surface area contributed by atoms with Crippen molar-refractivity contribution in [3.05, 3.63) is 53.0 Å². The first-order chi connectivity index (χ1) is 10.2. The topological polar surface area (TPSA) is 72.7 Å². The monoisotopic (exact) mass is 303 g/mol. The second-order valence-electron chi connectivity index (χ2n) is 4.20. The lowest BCUT2D eigenvalue weighted by Crippen LogP contribution is -2.13. The number of hydrogen-bond acceptors (Lipinski definition) is 5. The van der Waals surface area contributed by atoms with Crippen molar-refractivity contribution in [3.63, 3.8) is 0 Å². The third-order valence-electron chi connectivity index (χ3n) is 2.92. The summed E-state index contributed by atoms with van der Waals surface area (Å²) in [6.45, 7) is 1.70. The second kappa shape index (κ2) is 5.41. The van der Waals surface area contributed by atoms with E-state index < -0.39 is 5.82 Å². The molecule has 1 N–H and O–H groups in total.